The number of sulfonamides is 1. The highest BCUT2D eigenvalue weighted by Gasteiger charge is 2.24. The van der Waals surface area contributed by atoms with Crippen molar-refractivity contribution in [3.63, 3.8) is 0 Å². The molecule has 0 bridgehead atoms. The number of pyridine rings is 1. The van der Waals surface area contributed by atoms with Crippen molar-refractivity contribution < 1.29 is 8.42 Å². The van der Waals surface area contributed by atoms with E-state index in [1.54, 1.807) is 12.3 Å². The largest absolute Gasteiger partial charge is 0.383 e. The van der Waals surface area contributed by atoms with Crippen LogP contribution in [-0.2, 0) is 16.6 Å². The molecule has 2 aromatic rings. The monoisotopic (exact) mass is 298 g/mol. The Morgan fingerprint density at radius 2 is 2.16 bits per heavy atom. The van der Waals surface area contributed by atoms with Crippen molar-refractivity contribution in [2.24, 2.45) is 0 Å². The van der Waals surface area contributed by atoms with Gasteiger partial charge in [0.25, 0.3) is 0 Å². The molecule has 0 unspecified atom stereocenters. The molecule has 0 aliphatic carbocycles. The number of nitrogens with two attached hydrogens (primary N) is 1. The number of hydrogen-bond acceptors (Lipinski definition) is 6. The maximum absolute atomic E-state index is 12.4. The number of rotatable bonds is 4. The van der Waals surface area contributed by atoms with Crippen LogP contribution in [0.1, 0.15) is 9.88 Å². The normalized spacial score (nSPS) is 11.9. The first-order chi connectivity index (χ1) is 8.91. The molecule has 102 valence electrons. The molecular formula is C11H14N4O2S2. The number of aryl methyl sites for hydroxylation is 1. The van der Waals surface area contributed by atoms with Gasteiger partial charge in [-0.25, -0.2) is 18.4 Å². The summed E-state index contributed by atoms with van der Waals surface area (Å²) in [5.41, 5.74) is 5.62. The van der Waals surface area contributed by atoms with E-state index in [-0.39, 0.29) is 17.3 Å². The number of aromatic nitrogens is 2. The topological polar surface area (TPSA) is 89.2 Å². The molecule has 2 N–H and O–H groups in total. The van der Waals surface area contributed by atoms with E-state index in [0.29, 0.717) is 0 Å². The van der Waals surface area contributed by atoms with Gasteiger partial charge in [0.1, 0.15) is 10.7 Å². The third-order valence-corrected chi connectivity index (χ3v) is 5.28. The Balaban J connectivity index is 2.27. The molecule has 0 amide bonds. The highest BCUT2D eigenvalue weighted by Crippen LogP contribution is 2.22. The summed E-state index contributed by atoms with van der Waals surface area (Å²) < 4.78 is 26.0. The number of nitrogens with zero attached hydrogens (tertiary/aromatic N) is 3. The van der Waals surface area contributed by atoms with Gasteiger partial charge in [-0.3, -0.25) is 0 Å². The van der Waals surface area contributed by atoms with Gasteiger partial charge in [-0.05, 0) is 19.1 Å². The van der Waals surface area contributed by atoms with Crippen LogP contribution in [0.2, 0.25) is 0 Å². The van der Waals surface area contributed by atoms with E-state index >= 15 is 0 Å². The standard InChI is InChI=1S/C11H14N4O2S2/c1-8-14-6-9(18-8)7-15(2)19(16,17)10-4-3-5-13-11(10)12/h3-6H,7H2,1-2H3,(H2,12,13). The molecule has 19 heavy (non-hydrogen) atoms. The van der Waals surface area contributed by atoms with E-state index < -0.39 is 10.0 Å². The number of nitrogen functional groups attached to an aromatic ring is 1. The van der Waals surface area contributed by atoms with E-state index in [1.807, 2.05) is 6.92 Å². The zero-order valence-corrected chi connectivity index (χ0v) is 12.2. The summed E-state index contributed by atoms with van der Waals surface area (Å²) in [5, 5.41) is 0.904. The summed E-state index contributed by atoms with van der Waals surface area (Å²) in [5.74, 6) is 0.00911. The van der Waals surface area contributed by atoms with E-state index in [4.69, 9.17) is 5.73 Å². The van der Waals surface area contributed by atoms with Crippen LogP contribution in [0.25, 0.3) is 0 Å². The molecule has 0 spiro atoms. The first-order valence-corrected chi connectivity index (χ1v) is 7.75. The minimum absolute atomic E-state index is 0.00911. The summed E-state index contributed by atoms with van der Waals surface area (Å²) in [6.45, 7) is 2.14. The molecule has 8 heteroatoms. The van der Waals surface area contributed by atoms with Crippen LogP contribution in [0.5, 0.6) is 0 Å². The molecule has 0 saturated heterocycles. The molecule has 0 atom stereocenters. The van der Waals surface area contributed by atoms with E-state index in [0.717, 1.165) is 9.88 Å². The fourth-order valence-electron chi connectivity index (χ4n) is 1.57. The maximum atomic E-state index is 12.4. The van der Waals surface area contributed by atoms with Crippen molar-refractivity contribution in [1.29, 1.82) is 0 Å². The predicted molar refractivity (Wildman–Crippen MR) is 74.2 cm³/mol. The van der Waals surface area contributed by atoms with Gasteiger partial charge < -0.3 is 5.73 Å². The molecular weight excluding hydrogens is 284 g/mol. The summed E-state index contributed by atoms with van der Waals surface area (Å²) in [7, 11) is -2.12. The molecule has 0 fully saturated rings. The number of anilines is 1. The Kier molecular flexibility index (Phi) is 3.83. The Morgan fingerprint density at radius 1 is 1.42 bits per heavy atom. The van der Waals surface area contributed by atoms with Crippen molar-refractivity contribution in [1.82, 2.24) is 14.3 Å². The van der Waals surface area contributed by atoms with Crippen molar-refractivity contribution in [3.05, 3.63) is 34.4 Å². The molecule has 0 radical (unpaired) electrons. The third-order valence-electron chi connectivity index (χ3n) is 2.54. The summed E-state index contributed by atoms with van der Waals surface area (Å²) in [4.78, 5) is 8.81. The Morgan fingerprint density at radius 3 is 2.74 bits per heavy atom. The lowest BCUT2D eigenvalue weighted by Gasteiger charge is -2.16. The predicted octanol–water partition coefficient (Wildman–Crippen LogP) is 1.25. The molecule has 0 aliphatic rings. The van der Waals surface area contributed by atoms with Crippen LogP contribution >= 0.6 is 11.3 Å². The second kappa shape index (κ2) is 5.24. The number of hydrogen-bond donors (Lipinski definition) is 1. The van der Waals surface area contributed by atoms with Gasteiger partial charge in [0, 0.05) is 30.9 Å². The molecule has 2 aromatic heterocycles. The van der Waals surface area contributed by atoms with E-state index in [2.05, 4.69) is 9.97 Å². The lowest BCUT2D eigenvalue weighted by molar-refractivity contribution is 0.469. The molecule has 2 rings (SSSR count). The second-order valence-corrected chi connectivity index (χ2v) is 7.33. The van der Waals surface area contributed by atoms with Crippen molar-refractivity contribution in [2.45, 2.75) is 18.4 Å². The Labute approximate surface area is 116 Å². The minimum Gasteiger partial charge on any atom is -0.383 e. The molecule has 6 nitrogen and oxygen atoms in total. The Bertz CT molecular complexity index is 682. The molecule has 0 saturated carbocycles. The summed E-state index contributed by atoms with van der Waals surface area (Å²) in [6, 6.07) is 3.00. The van der Waals surface area contributed by atoms with Gasteiger partial charge in [-0.15, -0.1) is 11.3 Å². The highest BCUT2D eigenvalue weighted by molar-refractivity contribution is 7.89. The first-order valence-electron chi connectivity index (χ1n) is 5.49. The van der Waals surface area contributed by atoms with Crippen molar-refractivity contribution >= 4 is 27.2 Å². The zero-order chi connectivity index (χ0) is 14.0. The van der Waals surface area contributed by atoms with Crippen LogP contribution in [-0.4, -0.2) is 29.7 Å². The van der Waals surface area contributed by atoms with Gasteiger partial charge in [0.15, 0.2) is 0 Å². The fourth-order valence-corrected chi connectivity index (χ4v) is 3.71. The zero-order valence-electron chi connectivity index (χ0n) is 10.6. The maximum Gasteiger partial charge on any atom is 0.246 e. The van der Waals surface area contributed by atoms with Crippen molar-refractivity contribution in [3.8, 4) is 0 Å². The minimum atomic E-state index is -3.63. The van der Waals surface area contributed by atoms with E-state index in [9.17, 15) is 8.42 Å². The van der Waals surface area contributed by atoms with Crippen LogP contribution in [0, 0.1) is 6.92 Å². The molecule has 0 aromatic carbocycles. The highest BCUT2D eigenvalue weighted by atomic mass is 32.2. The smallest absolute Gasteiger partial charge is 0.246 e. The number of thiazole rings is 1. The molecule has 2 heterocycles. The van der Waals surface area contributed by atoms with Gasteiger partial charge in [0.2, 0.25) is 10.0 Å². The average Bonchev–Trinajstić information content (AvgIpc) is 2.75. The lowest BCUT2D eigenvalue weighted by atomic mass is 10.5. The van der Waals surface area contributed by atoms with Gasteiger partial charge in [-0.1, -0.05) is 0 Å². The van der Waals surface area contributed by atoms with E-state index in [1.165, 1.54) is 35.0 Å². The second-order valence-electron chi connectivity index (χ2n) is 3.99. The van der Waals surface area contributed by atoms with Gasteiger partial charge in [-0.2, -0.15) is 4.31 Å². The average molecular weight is 298 g/mol. The van der Waals surface area contributed by atoms with Gasteiger partial charge in [0.05, 0.1) is 5.01 Å². The lowest BCUT2D eigenvalue weighted by Crippen LogP contribution is -2.27. The van der Waals surface area contributed by atoms with Crippen LogP contribution < -0.4 is 5.73 Å². The SMILES string of the molecule is Cc1ncc(CN(C)S(=O)(=O)c2cccnc2N)s1. The third kappa shape index (κ3) is 2.91. The van der Waals surface area contributed by atoms with Crippen LogP contribution in [0.15, 0.2) is 29.4 Å². The van der Waals surface area contributed by atoms with Crippen LogP contribution in [0.4, 0.5) is 5.82 Å². The van der Waals surface area contributed by atoms with Crippen LogP contribution in [0.3, 0.4) is 0 Å². The first kappa shape index (κ1) is 13.9. The van der Waals surface area contributed by atoms with Crippen molar-refractivity contribution in [2.75, 3.05) is 12.8 Å². The Hall–Kier alpha value is -1.51. The fraction of sp³-hybridized carbons (Fsp3) is 0.273. The molecule has 0 aliphatic heterocycles. The quantitative estimate of drug-likeness (QED) is 0.917. The summed E-state index contributed by atoms with van der Waals surface area (Å²) in [6.07, 6.45) is 3.14. The van der Waals surface area contributed by atoms with Gasteiger partial charge >= 0.3 is 0 Å². The summed E-state index contributed by atoms with van der Waals surface area (Å²) >= 11 is 1.47.